The summed E-state index contributed by atoms with van der Waals surface area (Å²) in [5, 5.41) is 5.96. The zero-order valence-corrected chi connectivity index (χ0v) is 9.64. The number of rotatable bonds is 7. The van der Waals surface area contributed by atoms with Gasteiger partial charge in [-0.3, -0.25) is 4.79 Å². The molecule has 0 radical (unpaired) electrons. The molecule has 0 aliphatic carbocycles. The van der Waals surface area contributed by atoms with Crippen LogP contribution in [-0.2, 0) is 9.53 Å². The van der Waals surface area contributed by atoms with E-state index in [1.165, 1.54) is 6.92 Å². The molecular weight excluding hydrogens is 180 g/mol. The average Bonchev–Trinajstić information content (AvgIpc) is 2.10. The zero-order valence-electron chi connectivity index (χ0n) is 9.64. The summed E-state index contributed by atoms with van der Waals surface area (Å²) in [6.07, 6.45) is 0.962. The van der Waals surface area contributed by atoms with Crippen molar-refractivity contribution in [2.24, 2.45) is 0 Å². The first kappa shape index (κ1) is 13.4. The van der Waals surface area contributed by atoms with Crippen LogP contribution in [0.5, 0.6) is 0 Å². The van der Waals surface area contributed by atoms with Crippen molar-refractivity contribution in [2.75, 3.05) is 26.7 Å². The molecule has 0 atom stereocenters. The molecule has 84 valence electrons. The van der Waals surface area contributed by atoms with Crippen molar-refractivity contribution in [3.8, 4) is 0 Å². The molecular formula is C10H22N2O2. The Balaban J connectivity index is 3.25. The van der Waals surface area contributed by atoms with E-state index in [1.807, 2.05) is 0 Å². The van der Waals surface area contributed by atoms with Gasteiger partial charge in [-0.25, -0.2) is 0 Å². The first-order chi connectivity index (χ1) is 6.48. The smallest absolute Gasteiger partial charge is 0.216 e. The van der Waals surface area contributed by atoms with Gasteiger partial charge in [0.15, 0.2) is 0 Å². The lowest BCUT2D eigenvalue weighted by Gasteiger charge is -2.22. The van der Waals surface area contributed by atoms with Crippen LogP contribution in [0.4, 0.5) is 0 Å². The molecule has 14 heavy (non-hydrogen) atoms. The normalized spacial score (nSPS) is 11.4. The van der Waals surface area contributed by atoms with Gasteiger partial charge in [-0.2, -0.15) is 0 Å². The summed E-state index contributed by atoms with van der Waals surface area (Å²) in [6.45, 7) is 8.03. The SMILES string of the molecule is COC(C)(C)CCNCCNC(C)=O. The zero-order chi connectivity index (χ0) is 11.0. The van der Waals surface area contributed by atoms with Gasteiger partial charge in [-0.1, -0.05) is 0 Å². The number of carbonyl (C=O) groups is 1. The van der Waals surface area contributed by atoms with E-state index in [0.717, 1.165) is 19.5 Å². The fourth-order valence-electron chi connectivity index (χ4n) is 0.943. The molecule has 0 aromatic heterocycles. The number of ether oxygens (including phenoxy) is 1. The van der Waals surface area contributed by atoms with Gasteiger partial charge in [0, 0.05) is 27.1 Å². The van der Waals surface area contributed by atoms with Gasteiger partial charge in [0.1, 0.15) is 0 Å². The Morgan fingerprint density at radius 1 is 1.29 bits per heavy atom. The summed E-state index contributed by atoms with van der Waals surface area (Å²) in [6, 6.07) is 0. The summed E-state index contributed by atoms with van der Waals surface area (Å²) in [5.41, 5.74) is -0.0684. The molecule has 0 unspecified atom stereocenters. The van der Waals surface area contributed by atoms with Crippen molar-refractivity contribution in [3.63, 3.8) is 0 Å². The van der Waals surface area contributed by atoms with E-state index in [4.69, 9.17) is 4.74 Å². The maximum atomic E-state index is 10.5. The molecule has 0 bridgehead atoms. The minimum atomic E-state index is -0.0684. The molecule has 0 saturated heterocycles. The first-order valence-corrected chi connectivity index (χ1v) is 4.98. The molecule has 4 heteroatoms. The lowest BCUT2D eigenvalue weighted by atomic mass is 10.1. The fourth-order valence-corrected chi connectivity index (χ4v) is 0.943. The van der Waals surface area contributed by atoms with Gasteiger partial charge in [0.25, 0.3) is 0 Å². The van der Waals surface area contributed by atoms with Crippen LogP contribution in [0.15, 0.2) is 0 Å². The van der Waals surface area contributed by atoms with Crippen molar-refractivity contribution in [1.29, 1.82) is 0 Å². The standard InChI is InChI=1S/C10H22N2O2/c1-9(13)12-8-7-11-6-5-10(2,3)14-4/h11H,5-8H2,1-4H3,(H,12,13). The van der Waals surface area contributed by atoms with Crippen LogP contribution in [0.2, 0.25) is 0 Å². The molecule has 0 aromatic rings. The minimum Gasteiger partial charge on any atom is -0.379 e. The highest BCUT2D eigenvalue weighted by Crippen LogP contribution is 2.10. The van der Waals surface area contributed by atoms with Crippen LogP contribution in [0, 0.1) is 0 Å². The Kier molecular flexibility index (Phi) is 6.49. The molecule has 0 saturated carbocycles. The Bertz CT molecular complexity index is 170. The fraction of sp³-hybridized carbons (Fsp3) is 0.900. The summed E-state index contributed by atoms with van der Waals surface area (Å²) in [5.74, 6) is 0.0176. The number of carbonyl (C=O) groups excluding carboxylic acids is 1. The molecule has 0 aliphatic heterocycles. The van der Waals surface area contributed by atoms with E-state index >= 15 is 0 Å². The van der Waals surface area contributed by atoms with E-state index in [9.17, 15) is 4.79 Å². The van der Waals surface area contributed by atoms with Crippen LogP contribution < -0.4 is 10.6 Å². The molecule has 2 N–H and O–H groups in total. The van der Waals surface area contributed by atoms with E-state index in [-0.39, 0.29) is 11.5 Å². The third kappa shape index (κ3) is 8.01. The van der Waals surface area contributed by atoms with Crippen molar-refractivity contribution >= 4 is 5.91 Å². The Morgan fingerprint density at radius 3 is 2.43 bits per heavy atom. The molecule has 0 aliphatic rings. The lowest BCUT2D eigenvalue weighted by Crippen LogP contribution is -2.33. The molecule has 1 amide bonds. The van der Waals surface area contributed by atoms with Crippen LogP contribution >= 0.6 is 0 Å². The largest absolute Gasteiger partial charge is 0.379 e. The second-order valence-electron chi connectivity index (χ2n) is 3.95. The van der Waals surface area contributed by atoms with Crippen molar-refractivity contribution < 1.29 is 9.53 Å². The number of hydrogen-bond acceptors (Lipinski definition) is 3. The van der Waals surface area contributed by atoms with Gasteiger partial charge in [0.05, 0.1) is 5.60 Å². The summed E-state index contributed by atoms with van der Waals surface area (Å²) in [4.78, 5) is 10.5. The second-order valence-corrected chi connectivity index (χ2v) is 3.95. The number of nitrogens with one attached hydrogen (secondary N) is 2. The topological polar surface area (TPSA) is 50.4 Å². The number of methoxy groups -OCH3 is 1. The van der Waals surface area contributed by atoms with E-state index < -0.39 is 0 Å². The monoisotopic (exact) mass is 202 g/mol. The van der Waals surface area contributed by atoms with Crippen LogP contribution in [-0.4, -0.2) is 38.3 Å². The van der Waals surface area contributed by atoms with E-state index in [2.05, 4.69) is 24.5 Å². The summed E-state index contributed by atoms with van der Waals surface area (Å²) >= 11 is 0. The first-order valence-electron chi connectivity index (χ1n) is 4.98. The van der Waals surface area contributed by atoms with Gasteiger partial charge in [-0.05, 0) is 26.8 Å². The highest BCUT2D eigenvalue weighted by atomic mass is 16.5. The van der Waals surface area contributed by atoms with E-state index in [1.54, 1.807) is 7.11 Å². The molecule has 0 rings (SSSR count). The second kappa shape index (κ2) is 6.79. The molecule has 0 fully saturated rings. The Labute approximate surface area is 86.4 Å². The predicted molar refractivity (Wildman–Crippen MR) is 57.3 cm³/mol. The van der Waals surface area contributed by atoms with Crippen molar-refractivity contribution in [1.82, 2.24) is 10.6 Å². The van der Waals surface area contributed by atoms with Crippen LogP contribution in [0.25, 0.3) is 0 Å². The van der Waals surface area contributed by atoms with Gasteiger partial charge < -0.3 is 15.4 Å². The highest BCUT2D eigenvalue weighted by Gasteiger charge is 2.14. The predicted octanol–water partition coefficient (Wildman–Crippen LogP) is 0.527. The van der Waals surface area contributed by atoms with Crippen LogP contribution in [0.3, 0.4) is 0 Å². The van der Waals surface area contributed by atoms with Gasteiger partial charge in [-0.15, -0.1) is 0 Å². The molecule has 0 spiro atoms. The lowest BCUT2D eigenvalue weighted by molar-refractivity contribution is -0.118. The third-order valence-electron chi connectivity index (χ3n) is 2.13. The average molecular weight is 202 g/mol. The summed E-state index contributed by atoms with van der Waals surface area (Å²) in [7, 11) is 1.72. The van der Waals surface area contributed by atoms with Crippen molar-refractivity contribution in [3.05, 3.63) is 0 Å². The molecule has 4 nitrogen and oxygen atoms in total. The maximum Gasteiger partial charge on any atom is 0.216 e. The maximum absolute atomic E-state index is 10.5. The minimum absolute atomic E-state index is 0.0176. The number of amides is 1. The van der Waals surface area contributed by atoms with Gasteiger partial charge in [0.2, 0.25) is 5.91 Å². The van der Waals surface area contributed by atoms with E-state index in [0.29, 0.717) is 6.54 Å². The molecule has 0 aromatic carbocycles. The Morgan fingerprint density at radius 2 is 1.93 bits per heavy atom. The highest BCUT2D eigenvalue weighted by molar-refractivity contribution is 5.72. The number of hydrogen-bond donors (Lipinski definition) is 2. The molecule has 0 heterocycles. The summed E-state index contributed by atoms with van der Waals surface area (Å²) < 4.78 is 5.27. The Hall–Kier alpha value is -0.610. The quantitative estimate of drug-likeness (QED) is 0.592. The third-order valence-corrected chi connectivity index (χ3v) is 2.13. The van der Waals surface area contributed by atoms with Gasteiger partial charge >= 0.3 is 0 Å². The van der Waals surface area contributed by atoms with Crippen molar-refractivity contribution in [2.45, 2.75) is 32.8 Å². The van der Waals surface area contributed by atoms with Crippen LogP contribution in [0.1, 0.15) is 27.2 Å².